The number of aliphatic hydroxyl groups excluding tert-OH is 1. The molecule has 0 bridgehead atoms. The zero-order chi connectivity index (χ0) is 18.3. The Morgan fingerprint density at radius 1 is 1.23 bits per heavy atom. The van der Waals surface area contributed by atoms with Crippen molar-refractivity contribution in [2.24, 2.45) is 0 Å². The van der Waals surface area contributed by atoms with Crippen molar-refractivity contribution in [2.75, 3.05) is 6.54 Å². The molecule has 1 aliphatic heterocycles. The zero-order valence-corrected chi connectivity index (χ0v) is 14.6. The molecule has 0 saturated heterocycles. The Bertz CT molecular complexity index is 1050. The van der Waals surface area contributed by atoms with Crippen molar-refractivity contribution in [2.45, 2.75) is 33.2 Å². The lowest BCUT2D eigenvalue weighted by molar-refractivity contribution is -0.133. The van der Waals surface area contributed by atoms with Crippen molar-refractivity contribution < 1.29 is 9.90 Å². The predicted octanol–water partition coefficient (Wildman–Crippen LogP) is 1.04. The molecular weight excluding hydrogens is 332 g/mol. The van der Waals surface area contributed by atoms with Crippen LogP contribution in [0.4, 0.5) is 0 Å². The van der Waals surface area contributed by atoms with Crippen LogP contribution in [0, 0.1) is 6.92 Å². The summed E-state index contributed by atoms with van der Waals surface area (Å²) in [6, 6.07) is 10.8. The van der Waals surface area contributed by atoms with E-state index in [4.69, 9.17) is 0 Å². The molecule has 7 heteroatoms. The number of carbonyl (C=O) groups excluding carboxylic acids is 1. The molecule has 1 amide bonds. The lowest BCUT2D eigenvalue weighted by Crippen LogP contribution is -2.40. The number of benzene rings is 1. The Labute approximate surface area is 150 Å². The summed E-state index contributed by atoms with van der Waals surface area (Å²) >= 11 is 0. The van der Waals surface area contributed by atoms with Gasteiger partial charge in [-0.25, -0.2) is 0 Å². The van der Waals surface area contributed by atoms with Gasteiger partial charge in [-0.3, -0.25) is 14.3 Å². The van der Waals surface area contributed by atoms with Crippen molar-refractivity contribution in [3.63, 3.8) is 0 Å². The number of hydrogen-bond acceptors (Lipinski definition) is 4. The molecule has 1 aliphatic rings. The molecule has 1 N–H and O–H groups in total. The van der Waals surface area contributed by atoms with Crippen LogP contribution in [0.15, 0.2) is 41.2 Å². The summed E-state index contributed by atoms with van der Waals surface area (Å²) in [5, 5.41) is 14.1. The van der Waals surface area contributed by atoms with E-state index in [1.165, 1.54) is 0 Å². The van der Waals surface area contributed by atoms with Gasteiger partial charge in [-0.05, 0) is 25.1 Å². The number of amides is 1. The fraction of sp³-hybridized carbons (Fsp3) is 0.316. The highest BCUT2D eigenvalue weighted by Crippen LogP contribution is 2.17. The summed E-state index contributed by atoms with van der Waals surface area (Å²) in [5.41, 5.74) is 3.06. The first-order chi connectivity index (χ1) is 12.6. The number of hydrogen-bond donors (Lipinski definition) is 1. The lowest BCUT2D eigenvalue weighted by Gasteiger charge is -2.28. The van der Waals surface area contributed by atoms with Crippen LogP contribution in [0.1, 0.15) is 17.1 Å². The van der Waals surface area contributed by atoms with Gasteiger partial charge in [-0.2, -0.15) is 5.10 Å². The smallest absolute Gasteiger partial charge is 0.242 e. The largest absolute Gasteiger partial charge is 0.390 e. The first kappa shape index (κ1) is 16.5. The van der Waals surface area contributed by atoms with Gasteiger partial charge in [0, 0.05) is 23.7 Å². The van der Waals surface area contributed by atoms with E-state index in [2.05, 4.69) is 5.10 Å². The van der Waals surface area contributed by atoms with Gasteiger partial charge in [-0.15, -0.1) is 0 Å². The van der Waals surface area contributed by atoms with E-state index in [-0.39, 0.29) is 24.5 Å². The van der Waals surface area contributed by atoms with Gasteiger partial charge in [0.25, 0.3) is 0 Å². The molecule has 134 valence electrons. The molecule has 0 aliphatic carbocycles. The molecular formula is C19H20N4O3. The predicted molar refractivity (Wildman–Crippen MR) is 96.5 cm³/mol. The van der Waals surface area contributed by atoms with Crippen LogP contribution >= 0.6 is 0 Å². The summed E-state index contributed by atoms with van der Waals surface area (Å²) in [5.74, 6) is -0.0000921. The molecule has 7 nitrogen and oxygen atoms in total. The van der Waals surface area contributed by atoms with E-state index >= 15 is 0 Å². The van der Waals surface area contributed by atoms with Crippen molar-refractivity contribution in [3.8, 4) is 0 Å². The monoisotopic (exact) mass is 352 g/mol. The number of rotatable bonds is 3. The highest BCUT2D eigenvalue weighted by molar-refractivity contribution is 5.82. The Kier molecular flexibility index (Phi) is 4.08. The van der Waals surface area contributed by atoms with Gasteiger partial charge in [0.2, 0.25) is 5.91 Å². The lowest BCUT2D eigenvalue weighted by atomic mass is 10.1. The van der Waals surface area contributed by atoms with E-state index < -0.39 is 0 Å². The van der Waals surface area contributed by atoms with E-state index in [0.29, 0.717) is 30.7 Å². The van der Waals surface area contributed by atoms with E-state index in [0.717, 1.165) is 16.9 Å². The molecule has 3 heterocycles. The molecule has 0 unspecified atom stereocenters. The van der Waals surface area contributed by atoms with Gasteiger partial charge < -0.3 is 14.6 Å². The second-order valence-corrected chi connectivity index (χ2v) is 6.58. The quantitative estimate of drug-likeness (QED) is 0.764. The fourth-order valence-electron chi connectivity index (χ4n) is 3.51. The second kappa shape index (κ2) is 6.42. The molecule has 26 heavy (non-hydrogen) atoms. The van der Waals surface area contributed by atoms with Crippen molar-refractivity contribution in [1.82, 2.24) is 19.2 Å². The van der Waals surface area contributed by atoms with Crippen LogP contribution < -0.4 is 5.43 Å². The number of pyridine rings is 1. The summed E-state index contributed by atoms with van der Waals surface area (Å²) in [6.07, 6.45) is 0. The number of aryl methyl sites for hydroxylation is 1. The van der Waals surface area contributed by atoms with Crippen molar-refractivity contribution in [3.05, 3.63) is 63.7 Å². The first-order valence-corrected chi connectivity index (χ1v) is 8.60. The Balaban J connectivity index is 1.61. The number of fused-ring (bicyclic) bond motifs is 2. The van der Waals surface area contributed by atoms with E-state index in [9.17, 15) is 14.7 Å². The molecule has 2 aromatic heterocycles. The summed E-state index contributed by atoms with van der Waals surface area (Å²) in [7, 11) is 0. The number of nitrogens with zero attached hydrogens (tertiary/aromatic N) is 4. The van der Waals surface area contributed by atoms with Crippen LogP contribution in [0.5, 0.6) is 0 Å². The molecule has 1 aromatic carbocycles. The SMILES string of the molecule is Cc1cc(=O)c2ccccc2n1CC(=O)N1CCn2nc(CO)cc2C1. The average molecular weight is 352 g/mol. The second-order valence-electron chi connectivity index (χ2n) is 6.58. The standard InChI is InChI=1S/C19H20N4O3/c1-13-8-18(25)16-4-2-3-5-17(16)22(13)11-19(26)21-6-7-23-15(10-21)9-14(12-24)20-23/h2-5,8-9,24H,6-7,10-12H2,1H3. The van der Waals surface area contributed by atoms with Crippen LogP contribution in [0.25, 0.3) is 10.9 Å². The highest BCUT2D eigenvalue weighted by Gasteiger charge is 2.23. The molecule has 0 saturated carbocycles. The number of para-hydroxylation sites is 1. The number of carbonyl (C=O) groups is 1. The molecule has 0 atom stereocenters. The number of aliphatic hydroxyl groups is 1. The molecule has 0 radical (unpaired) electrons. The van der Waals surface area contributed by atoms with Gasteiger partial charge in [0.05, 0.1) is 36.6 Å². The maximum absolute atomic E-state index is 12.9. The average Bonchev–Trinajstić information content (AvgIpc) is 3.07. The molecule has 0 spiro atoms. The highest BCUT2D eigenvalue weighted by atomic mass is 16.3. The summed E-state index contributed by atoms with van der Waals surface area (Å²) in [4.78, 5) is 26.8. The maximum atomic E-state index is 12.9. The minimum Gasteiger partial charge on any atom is -0.390 e. The molecule has 3 aromatic rings. The third kappa shape index (κ3) is 2.80. The van der Waals surface area contributed by atoms with Crippen LogP contribution in [0.2, 0.25) is 0 Å². The first-order valence-electron chi connectivity index (χ1n) is 8.60. The van der Waals surface area contributed by atoms with Gasteiger partial charge >= 0.3 is 0 Å². The van der Waals surface area contributed by atoms with Crippen molar-refractivity contribution in [1.29, 1.82) is 0 Å². The topological polar surface area (TPSA) is 80.4 Å². The summed E-state index contributed by atoms with van der Waals surface area (Å²) in [6.45, 7) is 3.60. The van der Waals surface area contributed by atoms with E-state index in [1.807, 2.05) is 40.4 Å². The fourth-order valence-corrected chi connectivity index (χ4v) is 3.51. The minimum absolute atomic E-state index is 0.0000921. The minimum atomic E-state index is -0.101. The third-order valence-corrected chi connectivity index (χ3v) is 4.88. The molecule has 0 fully saturated rings. The van der Waals surface area contributed by atoms with Crippen molar-refractivity contribution >= 4 is 16.8 Å². The third-order valence-electron chi connectivity index (χ3n) is 4.88. The Morgan fingerprint density at radius 2 is 2.04 bits per heavy atom. The van der Waals surface area contributed by atoms with Crippen LogP contribution in [-0.2, 0) is 31.0 Å². The Morgan fingerprint density at radius 3 is 2.85 bits per heavy atom. The van der Waals surface area contributed by atoms with Gasteiger partial charge in [0.1, 0.15) is 6.54 Å². The number of aromatic nitrogens is 3. The van der Waals surface area contributed by atoms with Gasteiger partial charge in [-0.1, -0.05) is 12.1 Å². The molecule has 4 rings (SSSR count). The normalized spacial score (nSPS) is 13.8. The van der Waals surface area contributed by atoms with Crippen LogP contribution in [-0.4, -0.2) is 36.8 Å². The Hall–Kier alpha value is -2.93. The maximum Gasteiger partial charge on any atom is 0.242 e. The van der Waals surface area contributed by atoms with E-state index in [1.54, 1.807) is 17.0 Å². The van der Waals surface area contributed by atoms with Crippen LogP contribution in [0.3, 0.4) is 0 Å². The van der Waals surface area contributed by atoms with Gasteiger partial charge in [0.15, 0.2) is 5.43 Å². The summed E-state index contributed by atoms with van der Waals surface area (Å²) < 4.78 is 3.74. The zero-order valence-electron chi connectivity index (χ0n) is 14.6.